The highest BCUT2D eigenvalue weighted by Gasteiger charge is 2.20. The molecular weight excluding hydrogens is 206 g/mol. The van der Waals surface area contributed by atoms with E-state index < -0.39 is 0 Å². The van der Waals surface area contributed by atoms with Crippen molar-refractivity contribution in [1.29, 1.82) is 0 Å². The Hall–Kier alpha value is -0.0400. The van der Waals surface area contributed by atoms with E-state index >= 15 is 0 Å². The molecule has 17 heavy (non-hydrogen) atoms. The van der Waals surface area contributed by atoms with E-state index in [1.165, 1.54) is 57.8 Å². The van der Waals surface area contributed by atoms with Crippen molar-refractivity contribution in [1.82, 2.24) is 0 Å². The van der Waals surface area contributed by atoms with Crippen molar-refractivity contribution in [2.75, 3.05) is 0 Å². The SMILES string of the molecule is CC(C)CC(C)CC(N)C1CCCCCCC1. The Bertz CT molecular complexity index is 180. The second kappa shape index (κ2) is 8.13. The first-order valence-electron chi connectivity index (χ1n) is 7.85. The van der Waals surface area contributed by atoms with Crippen LogP contribution in [0.1, 0.15) is 78.6 Å². The summed E-state index contributed by atoms with van der Waals surface area (Å²) in [6.45, 7) is 7.01. The molecule has 2 atom stereocenters. The molecule has 0 spiro atoms. The highest BCUT2D eigenvalue weighted by Crippen LogP contribution is 2.27. The molecule has 0 aromatic rings. The summed E-state index contributed by atoms with van der Waals surface area (Å²) in [6, 6.07) is 0.460. The van der Waals surface area contributed by atoms with Crippen LogP contribution in [0.2, 0.25) is 0 Å². The zero-order valence-corrected chi connectivity index (χ0v) is 12.3. The molecule has 0 aliphatic heterocycles. The molecule has 0 aromatic carbocycles. The molecule has 102 valence electrons. The Balaban J connectivity index is 2.30. The average Bonchev–Trinajstić information content (AvgIpc) is 2.14. The molecule has 0 bridgehead atoms. The van der Waals surface area contributed by atoms with E-state index in [0.717, 1.165) is 17.8 Å². The maximum absolute atomic E-state index is 6.45. The van der Waals surface area contributed by atoms with Gasteiger partial charge in [-0.15, -0.1) is 0 Å². The largest absolute Gasteiger partial charge is 0.327 e. The van der Waals surface area contributed by atoms with E-state index in [-0.39, 0.29) is 0 Å². The van der Waals surface area contributed by atoms with Crippen LogP contribution < -0.4 is 5.73 Å². The summed E-state index contributed by atoms with van der Waals surface area (Å²) in [5.41, 5.74) is 6.45. The summed E-state index contributed by atoms with van der Waals surface area (Å²) in [4.78, 5) is 0. The highest BCUT2D eigenvalue weighted by molar-refractivity contribution is 4.77. The summed E-state index contributed by atoms with van der Waals surface area (Å²) in [5, 5.41) is 0. The van der Waals surface area contributed by atoms with E-state index in [1.54, 1.807) is 0 Å². The van der Waals surface area contributed by atoms with Gasteiger partial charge in [-0.25, -0.2) is 0 Å². The average molecular weight is 239 g/mol. The fourth-order valence-corrected chi connectivity index (χ4v) is 3.47. The van der Waals surface area contributed by atoms with Crippen LogP contribution in [-0.2, 0) is 0 Å². The molecule has 2 unspecified atom stereocenters. The smallest absolute Gasteiger partial charge is 0.00696 e. The summed E-state index contributed by atoms with van der Waals surface area (Å²) < 4.78 is 0. The van der Waals surface area contributed by atoms with Gasteiger partial charge in [0.15, 0.2) is 0 Å². The Labute approximate surface area is 109 Å². The second-order valence-electron chi connectivity index (χ2n) is 6.74. The lowest BCUT2D eigenvalue weighted by atomic mass is 9.81. The number of nitrogens with two attached hydrogens (primary N) is 1. The molecule has 2 N–H and O–H groups in total. The molecule has 1 rings (SSSR count). The first-order valence-corrected chi connectivity index (χ1v) is 7.85. The Morgan fingerprint density at radius 2 is 1.41 bits per heavy atom. The summed E-state index contributed by atoms with van der Waals surface area (Å²) in [6.07, 6.45) is 12.5. The molecule has 1 aliphatic rings. The molecule has 1 saturated carbocycles. The summed E-state index contributed by atoms with van der Waals surface area (Å²) in [7, 11) is 0. The number of rotatable bonds is 5. The standard InChI is InChI=1S/C16H33N/c1-13(2)11-14(3)12-16(17)15-9-7-5-4-6-8-10-15/h13-16H,4-12,17H2,1-3H3. The predicted octanol–water partition coefficient (Wildman–Crippen LogP) is 4.75. The van der Waals surface area contributed by atoms with Crippen molar-refractivity contribution >= 4 is 0 Å². The van der Waals surface area contributed by atoms with Crippen LogP contribution in [0.5, 0.6) is 0 Å². The van der Waals surface area contributed by atoms with Gasteiger partial charge in [0.05, 0.1) is 0 Å². The lowest BCUT2D eigenvalue weighted by Crippen LogP contribution is -2.32. The minimum Gasteiger partial charge on any atom is -0.327 e. The maximum atomic E-state index is 6.45. The van der Waals surface area contributed by atoms with Crippen LogP contribution >= 0.6 is 0 Å². The van der Waals surface area contributed by atoms with Gasteiger partial charge in [-0.05, 0) is 43.4 Å². The first kappa shape index (κ1) is 15.0. The van der Waals surface area contributed by atoms with Crippen LogP contribution in [-0.4, -0.2) is 6.04 Å². The van der Waals surface area contributed by atoms with Crippen LogP contribution in [0.4, 0.5) is 0 Å². The van der Waals surface area contributed by atoms with Gasteiger partial charge in [0.25, 0.3) is 0 Å². The topological polar surface area (TPSA) is 26.0 Å². The first-order chi connectivity index (χ1) is 8.09. The number of hydrogen-bond acceptors (Lipinski definition) is 1. The van der Waals surface area contributed by atoms with Crippen molar-refractivity contribution in [3.8, 4) is 0 Å². The lowest BCUT2D eigenvalue weighted by molar-refractivity contribution is 0.275. The molecular formula is C16H33N. The third-order valence-corrected chi connectivity index (χ3v) is 4.30. The minimum absolute atomic E-state index is 0.460. The Morgan fingerprint density at radius 3 is 1.94 bits per heavy atom. The normalized spacial score (nSPS) is 23.1. The fourth-order valence-electron chi connectivity index (χ4n) is 3.47. The lowest BCUT2D eigenvalue weighted by Gasteiger charge is -2.28. The highest BCUT2D eigenvalue weighted by atomic mass is 14.6. The molecule has 1 fully saturated rings. The van der Waals surface area contributed by atoms with Gasteiger partial charge in [0.2, 0.25) is 0 Å². The van der Waals surface area contributed by atoms with Crippen LogP contribution in [0.15, 0.2) is 0 Å². The van der Waals surface area contributed by atoms with Crippen LogP contribution in [0, 0.1) is 17.8 Å². The van der Waals surface area contributed by atoms with Crippen molar-refractivity contribution in [3.05, 3.63) is 0 Å². The van der Waals surface area contributed by atoms with Crippen molar-refractivity contribution in [2.24, 2.45) is 23.5 Å². The molecule has 0 heterocycles. The second-order valence-corrected chi connectivity index (χ2v) is 6.74. The van der Waals surface area contributed by atoms with E-state index in [9.17, 15) is 0 Å². The van der Waals surface area contributed by atoms with Crippen molar-refractivity contribution in [3.63, 3.8) is 0 Å². The van der Waals surface area contributed by atoms with E-state index in [2.05, 4.69) is 20.8 Å². The predicted molar refractivity (Wildman–Crippen MR) is 77.0 cm³/mol. The molecule has 0 amide bonds. The maximum Gasteiger partial charge on any atom is 0.00696 e. The van der Waals surface area contributed by atoms with Gasteiger partial charge in [0.1, 0.15) is 0 Å². The van der Waals surface area contributed by atoms with Crippen molar-refractivity contribution < 1.29 is 0 Å². The van der Waals surface area contributed by atoms with E-state index in [4.69, 9.17) is 5.73 Å². The van der Waals surface area contributed by atoms with E-state index in [0.29, 0.717) is 6.04 Å². The van der Waals surface area contributed by atoms with Crippen LogP contribution in [0.3, 0.4) is 0 Å². The third-order valence-electron chi connectivity index (χ3n) is 4.30. The van der Waals surface area contributed by atoms with Gasteiger partial charge in [-0.2, -0.15) is 0 Å². The summed E-state index contributed by atoms with van der Waals surface area (Å²) in [5.74, 6) is 2.43. The molecule has 0 saturated heterocycles. The fraction of sp³-hybridized carbons (Fsp3) is 1.00. The Kier molecular flexibility index (Phi) is 7.18. The molecule has 1 heteroatoms. The van der Waals surface area contributed by atoms with Gasteiger partial charge < -0.3 is 5.73 Å². The van der Waals surface area contributed by atoms with Gasteiger partial charge >= 0.3 is 0 Å². The molecule has 0 radical (unpaired) electrons. The number of hydrogen-bond donors (Lipinski definition) is 1. The van der Waals surface area contributed by atoms with Crippen molar-refractivity contribution in [2.45, 2.75) is 84.6 Å². The van der Waals surface area contributed by atoms with E-state index in [1.807, 2.05) is 0 Å². The third kappa shape index (κ3) is 6.45. The minimum atomic E-state index is 0.460. The monoisotopic (exact) mass is 239 g/mol. The molecule has 1 nitrogen and oxygen atoms in total. The zero-order chi connectivity index (χ0) is 12.7. The van der Waals surface area contributed by atoms with Crippen LogP contribution in [0.25, 0.3) is 0 Å². The zero-order valence-electron chi connectivity index (χ0n) is 12.3. The van der Waals surface area contributed by atoms with Gasteiger partial charge in [0, 0.05) is 6.04 Å². The van der Waals surface area contributed by atoms with Gasteiger partial charge in [-0.1, -0.05) is 52.9 Å². The Morgan fingerprint density at radius 1 is 0.882 bits per heavy atom. The molecule has 0 aromatic heterocycles. The van der Waals surface area contributed by atoms with Gasteiger partial charge in [-0.3, -0.25) is 0 Å². The molecule has 1 aliphatic carbocycles. The summed E-state index contributed by atoms with van der Waals surface area (Å²) >= 11 is 0. The quantitative estimate of drug-likeness (QED) is 0.736.